The molecule has 1 aromatic heterocycles. The standard InChI is InChI=1S/C14H15N3O5/c1-21-10-4-2-9(3-5-10)13(18)15-7-6-11-8-12(17-22-11)14(19)16-20/h2-5,8,20H,6-7H2,1H3,(H,15,18)(H,16,19). The Labute approximate surface area is 126 Å². The summed E-state index contributed by atoms with van der Waals surface area (Å²) >= 11 is 0. The number of nitrogens with one attached hydrogen (secondary N) is 2. The van der Waals surface area contributed by atoms with Crippen LogP contribution in [0.15, 0.2) is 34.9 Å². The zero-order valence-corrected chi connectivity index (χ0v) is 11.8. The minimum atomic E-state index is -0.753. The van der Waals surface area contributed by atoms with Crippen molar-refractivity contribution in [3.63, 3.8) is 0 Å². The number of amides is 2. The van der Waals surface area contributed by atoms with Gasteiger partial charge in [0.15, 0.2) is 5.69 Å². The quantitative estimate of drug-likeness (QED) is 0.536. The highest BCUT2D eigenvalue weighted by Crippen LogP contribution is 2.11. The molecule has 0 spiro atoms. The van der Waals surface area contributed by atoms with Gasteiger partial charge in [-0.3, -0.25) is 14.8 Å². The van der Waals surface area contributed by atoms with E-state index in [9.17, 15) is 9.59 Å². The average molecular weight is 305 g/mol. The van der Waals surface area contributed by atoms with Crippen LogP contribution in [-0.4, -0.2) is 35.8 Å². The summed E-state index contributed by atoms with van der Waals surface area (Å²) < 4.78 is 9.93. The fourth-order valence-electron chi connectivity index (χ4n) is 1.74. The number of hydrogen-bond acceptors (Lipinski definition) is 6. The van der Waals surface area contributed by atoms with Gasteiger partial charge in [0, 0.05) is 24.6 Å². The van der Waals surface area contributed by atoms with E-state index in [0.717, 1.165) is 0 Å². The van der Waals surface area contributed by atoms with Gasteiger partial charge in [0.2, 0.25) is 0 Å². The molecule has 0 aliphatic rings. The van der Waals surface area contributed by atoms with Gasteiger partial charge >= 0.3 is 0 Å². The molecule has 0 fully saturated rings. The lowest BCUT2D eigenvalue weighted by molar-refractivity contribution is 0.0696. The van der Waals surface area contributed by atoms with Crippen LogP contribution in [0.5, 0.6) is 5.75 Å². The van der Waals surface area contributed by atoms with Crippen molar-refractivity contribution in [3.05, 3.63) is 47.3 Å². The molecule has 0 unspecified atom stereocenters. The fraction of sp³-hybridized carbons (Fsp3) is 0.214. The van der Waals surface area contributed by atoms with Crippen molar-refractivity contribution in [1.82, 2.24) is 16.0 Å². The molecule has 116 valence electrons. The molecule has 0 saturated heterocycles. The third kappa shape index (κ3) is 3.83. The molecular weight excluding hydrogens is 290 g/mol. The van der Waals surface area contributed by atoms with Crippen LogP contribution in [0.1, 0.15) is 26.6 Å². The van der Waals surface area contributed by atoms with Crippen molar-refractivity contribution in [2.24, 2.45) is 0 Å². The summed E-state index contributed by atoms with van der Waals surface area (Å²) in [5.74, 6) is 0.120. The molecule has 3 N–H and O–H groups in total. The van der Waals surface area contributed by atoms with Gasteiger partial charge in [-0.2, -0.15) is 0 Å². The normalized spacial score (nSPS) is 10.1. The first-order valence-electron chi connectivity index (χ1n) is 6.46. The number of methoxy groups -OCH3 is 1. The lowest BCUT2D eigenvalue weighted by atomic mass is 10.2. The minimum Gasteiger partial charge on any atom is -0.497 e. The number of nitrogens with zero attached hydrogens (tertiary/aromatic N) is 1. The van der Waals surface area contributed by atoms with Crippen LogP contribution >= 0.6 is 0 Å². The topological polar surface area (TPSA) is 114 Å². The molecule has 22 heavy (non-hydrogen) atoms. The van der Waals surface area contributed by atoms with Gasteiger partial charge in [-0.25, -0.2) is 5.48 Å². The molecule has 0 bridgehead atoms. The van der Waals surface area contributed by atoms with Crippen LogP contribution in [0.4, 0.5) is 0 Å². The van der Waals surface area contributed by atoms with Gasteiger partial charge in [-0.15, -0.1) is 0 Å². The van der Waals surface area contributed by atoms with E-state index in [2.05, 4.69) is 10.5 Å². The second-order valence-electron chi connectivity index (χ2n) is 4.35. The van der Waals surface area contributed by atoms with Crippen LogP contribution in [0, 0.1) is 0 Å². The SMILES string of the molecule is COc1ccc(C(=O)NCCc2cc(C(=O)NO)no2)cc1. The average Bonchev–Trinajstić information content (AvgIpc) is 3.03. The Morgan fingerprint density at radius 3 is 2.64 bits per heavy atom. The van der Waals surface area contributed by atoms with Crippen molar-refractivity contribution in [3.8, 4) is 5.75 Å². The molecule has 0 atom stereocenters. The number of carbonyl (C=O) groups is 2. The maximum atomic E-state index is 11.9. The Hall–Kier alpha value is -2.87. The Balaban J connectivity index is 1.83. The second-order valence-corrected chi connectivity index (χ2v) is 4.35. The Morgan fingerprint density at radius 2 is 2.00 bits per heavy atom. The monoisotopic (exact) mass is 305 g/mol. The lowest BCUT2D eigenvalue weighted by Crippen LogP contribution is -2.25. The zero-order chi connectivity index (χ0) is 15.9. The predicted octanol–water partition coefficient (Wildman–Crippen LogP) is 0.775. The molecule has 0 aliphatic carbocycles. The van der Waals surface area contributed by atoms with Gasteiger partial charge in [0.25, 0.3) is 11.8 Å². The van der Waals surface area contributed by atoms with Gasteiger partial charge < -0.3 is 14.6 Å². The van der Waals surface area contributed by atoms with E-state index in [1.165, 1.54) is 11.5 Å². The van der Waals surface area contributed by atoms with Gasteiger partial charge in [-0.05, 0) is 24.3 Å². The number of hydroxylamine groups is 1. The molecule has 1 heterocycles. The van der Waals surface area contributed by atoms with Crippen molar-refractivity contribution >= 4 is 11.8 Å². The van der Waals surface area contributed by atoms with E-state index in [0.29, 0.717) is 30.0 Å². The number of ether oxygens (including phenoxy) is 1. The largest absolute Gasteiger partial charge is 0.497 e. The van der Waals surface area contributed by atoms with Crippen LogP contribution < -0.4 is 15.5 Å². The highest BCUT2D eigenvalue weighted by Gasteiger charge is 2.12. The lowest BCUT2D eigenvalue weighted by Gasteiger charge is -2.04. The van der Waals surface area contributed by atoms with Gasteiger partial charge in [0.05, 0.1) is 7.11 Å². The van der Waals surface area contributed by atoms with Crippen molar-refractivity contribution in [1.29, 1.82) is 0 Å². The first-order chi connectivity index (χ1) is 10.6. The van der Waals surface area contributed by atoms with E-state index < -0.39 is 5.91 Å². The summed E-state index contributed by atoms with van der Waals surface area (Å²) in [5.41, 5.74) is 1.94. The van der Waals surface area contributed by atoms with E-state index in [4.69, 9.17) is 14.5 Å². The van der Waals surface area contributed by atoms with E-state index in [-0.39, 0.29) is 11.6 Å². The highest BCUT2D eigenvalue weighted by molar-refractivity contribution is 5.94. The Kier molecular flexibility index (Phi) is 5.10. The van der Waals surface area contributed by atoms with Crippen LogP contribution in [-0.2, 0) is 6.42 Å². The summed E-state index contributed by atoms with van der Waals surface area (Å²) in [6.45, 7) is 0.320. The van der Waals surface area contributed by atoms with Crippen molar-refractivity contribution < 1.29 is 24.1 Å². The fourth-order valence-corrected chi connectivity index (χ4v) is 1.74. The minimum absolute atomic E-state index is 0.0287. The first kappa shape index (κ1) is 15.5. The molecule has 8 nitrogen and oxygen atoms in total. The van der Waals surface area contributed by atoms with Crippen LogP contribution in [0.3, 0.4) is 0 Å². The number of rotatable bonds is 6. The number of aromatic nitrogens is 1. The van der Waals surface area contributed by atoms with E-state index in [1.807, 2.05) is 0 Å². The van der Waals surface area contributed by atoms with Crippen molar-refractivity contribution in [2.75, 3.05) is 13.7 Å². The summed E-state index contributed by atoms with van der Waals surface area (Å²) in [4.78, 5) is 23.0. The van der Waals surface area contributed by atoms with Gasteiger partial charge in [-0.1, -0.05) is 5.16 Å². The molecular formula is C14H15N3O5. The molecule has 0 saturated carbocycles. The molecule has 2 amide bonds. The van der Waals surface area contributed by atoms with Crippen LogP contribution in [0.25, 0.3) is 0 Å². The third-order valence-corrected chi connectivity index (χ3v) is 2.90. The van der Waals surface area contributed by atoms with Gasteiger partial charge in [0.1, 0.15) is 11.5 Å². The second kappa shape index (κ2) is 7.23. The van der Waals surface area contributed by atoms with Crippen LogP contribution in [0.2, 0.25) is 0 Å². The van der Waals surface area contributed by atoms with Crippen molar-refractivity contribution in [2.45, 2.75) is 6.42 Å². The van der Waals surface area contributed by atoms with E-state index in [1.54, 1.807) is 31.4 Å². The Morgan fingerprint density at radius 1 is 1.27 bits per heavy atom. The molecule has 2 rings (SSSR count). The summed E-state index contributed by atoms with van der Waals surface area (Å²) in [6, 6.07) is 8.11. The number of hydrogen-bond donors (Lipinski definition) is 3. The summed E-state index contributed by atoms with van der Waals surface area (Å²) in [7, 11) is 1.55. The maximum Gasteiger partial charge on any atom is 0.296 e. The molecule has 8 heteroatoms. The highest BCUT2D eigenvalue weighted by atomic mass is 16.5. The predicted molar refractivity (Wildman–Crippen MR) is 74.8 cm³/mol. The molecule has 0 radical (unpaired) electrons. The Bertz CT molecular complexity index is 651. The smallest absolute Gasteiger partial charge is 0.296 e. The molecule has 0 aliphatic heterocycles. The van der Waals surface area contributed by atoms with E-state index >= 15 is 0 Å². The summed E-state index contributed by atoms with van der Waals surface area (Å²) in [6.07, 6.45) is 0.369. The first-order valence-corrected chi connectivity index (χ1v) is 6.46. The molecule has 2 aromatic rings. The third-order valence-electron chi connectivity index (χ3n) is 2.90. The molecule has 1 aromatic carbocycles. The number of benzene rings is 1. The zero-order valence-electron chi connectivity index (χ0n) is 11.8. The number of carbonyl (C=O) groups excluding carboxylic acids is 2. The maximum absolute atomic E-state index is 11.9. The summed E-state index contributed by atoms with van der Waals surface area (Å²) in [5, 5.41) is 14.7.